The summed E-state index contributed by atoms with van der Waals surface area (Å²) in [4.78, 5) is 19.2. The van der Waals surface area contributed by atoms with E-state index in [0.29, 0.717) is 0 Å². The molecule has 0 radical (unpaired) electrons. The normalized spacial score (nSPS) is 14.5. The van der Waals surface area contributed by atoms with Gasteiger partial charge in [-0.05, 0) is 44.2 Å². The average Bonchev–Trinajstić information content (AvgIpc) is 2.90. The van der Waals surface area contributed by atoms with Crippen LogP contribution in [0.25, 0.3) is 0 Å². The second kappa shape index (κ2) is 6.96. The quantitative estimate of drug-likeness (QED) is 0.669. The Morgan fingerprint density at radius 1 is 1.33 bits per heavy atom. The third kappa shape index (κ3) is 3.22. The van der Waals surface area contributed by atoms with E-state index in [-0.39, 0.29) is 11.8 Å². The van der Waals surface area contributed by atoms with E-state index >= 15 is 0 Å². The lowest BCUT2D eigenvalue weighted by molar-refractivity contribution is -0.115. The maximum absolute atomic E-state index is 12.4. The summed E-state index contributed by atoms with van der Waals surface area (Å²) in [5.74, 6) is -0.154. The molecule has 1 aromatic rings. The third-order valence-electron chi connectivity index (χ3n) is 3.71. The Bertz CT molecular complexity index is 549. The highest BCUT2D eigenvalue weighted by atomic mass is 35.5. The number of carbonyl (C=O) groups excluding carboxylic acids is 1. The number of alkyl halides is 1. The Labute approximate surface area is 130 Å². The summed E-state index contributed by atoms with van der Waals surface area (Å²) >= 11 is 5.84. The fourth-order valence-corrected chi connectivity index (χ4v) is 2.96. The molecule has 1 aliphatic carbocycles. The van der Waals surface area contributed by atoms with E-state index in [1.54, 1.807) is 12.0 Å². The maximum Gasteiger partial charge on any atom is 0.246 e. The number of amides is 1. The van der Waals surface area contributed by atoms with Crippen molar-refractivity contribution in [1.82, 2.24) is 5.48 Å². The molecule has 1 N–H and O–H groups in total. The van der Waals surface area contributed by atoms with Crippen molar-refractivity contribution in [3.05, 3.63) is 40.7 Å². The van der Waals surface area contributed by atoms with Gasteiger partial charge in [0.25, 0.3) is 0 Å². The molecule has 0 fully saturated rings. The lowest BCUT2D eigenvalue weighted by Crippen LogP contribution is -2.33. The van der Waals surface area contributed by atoms with E-state index in [2.05, 4.69) is 5.48 Å². The van der Waals surface area contributed by atoms with Crippen molar-refractivity contribution in [1.29, 1.82) is 0 Å². The molecule has 21 heavy (non-hydrogen) atoms. The molecule has 0 aromatic heterocycles. The number of nitrogens with zero attached hydrogens (tertiary/aromatic N) is 1. The van der Waals surface area contributed by atoms with Crippen LogP contribution in [0.5, 0.6) is 0 Å². The second-order valence-electron chi connectivity index (χ2n) is 5.19. The zero-order valence-electron chi connectivity index (χ0n) is 12.7. The molecule has 114 valence electrons. The standard InChI is InChI=1S/C16H21ClN2O2/c1-11-6-4-7-12(2)16(11)19(15(20)10-17)14-9-5-8-13(14)18-21-3/h4,6-7,18H,5,8-10H2,1-3H3. The minimum atomic E-state index is -0.110. The summed E-state index contributed by atoms with van der Waals surface area (Å²) in [5, 5.41) is 0. The van der Waals surface area contributed by atoms with Gasteiger partial charge < -0.3 is 0 Å². The minimum absolute atomic E-state index is 0.0441. The van der Waals surface area contributed by atoms with Crippen molar-refractivity contribution >= 4 is 23.2 Å². The Morgan fingerprint density at radius 2 is 2.00 bits per heavy atom. The number of aryl methyl sites for hydroxylation is 2. The summed E-state index contributed by atoms with van der Waals surface area (Å²) in [6.45, 7) is 4.02. The Balaban J connectivity index is 2.54. The highest BCUT2D eigenvalue weighted by Crippen LogP contribution is 2.35. The number of hydrogen-bond acceptors (Lipinski definition) is 3. The first-order valence-corrected chi connectivity index (χ1v) is 7.59. The van der Waals surface area contributed by atoms with E-state index in [9.17, 15) is 4.79 Å². The number of carbonyl (C=O) groups is 1. The van der Waals surface area contributed by atoms with Crippen LogP contribution in [0.15, 0.2) is 29.6 Å². The van der Waals surface area contributed by atoms with Crippen LogP contribution in [0.2, 0.25) is 0 Å². The molecule has 0 atom stereocenters. The number of halogens is 1. The molecular formula is C16H21ClN2O2. The zero-order valence-corrected chi connectivity index (χ0v) is 13.5. The van der Waals surface area contributed by atoms with Crippen LogP contribution < -0.4 is 10.4 Å². The van der Waals surface area contributed by atoms with Gasteiger partial charge in [0.05, 0.1) is 18.5 Å². The molecule has 2 rings (SSSR count). The molecule has 5 heteroatoms. The highest BCUT2D eigenvalue weighted by molar-refractivity contribution is 6.30. The van der Waals surface area contributed by atoms with Crippen LogP contribution in [-0.2, 0) is 9.63 Å². The number of allylic oxidation sites excluding steroid dienone is 2. The van der Waals surface area contributed by atoms with Crippen molar-refractivity contribution in [2.45, 2.75) is 33.1 Å². The predicted octanol–water partition coefficient (Wildman–Crippen LogP) is 3.42. The molecule has 0 spiro atoms. The molecule has 0 heterocycles. The molecule has 0 bridgehead atoms. The Morgan fingerprint density at radius 3 is 2.57 bits per heavy atom. The molecule has 1 aromatic carbocycles. The van der Waals surface area contributed by atoms with Gasteiger partial charge in [-0.3, -0.25) is 20.0 Å². The number of benzene rings is 1. The van der Waals surface area contributed by atoms with Gasteiger partial charge >= 0.3 is 0 Å². The van der Waals surface area contributed by atoms with Crippen molar-refractivity contribution in [3.63, 3.8) is 0 Å². The number of nitrogens with one attached hydrogen (secondary N) is 1. The van der Waals surface area contributed by atoms with E-state index in [1.807, 2.05) is 32.0 Å². The predicted molar refractivity (Wildman–Crippen MR) is 85.1 cm³/mol. The highest BCUT2D eigenvalue weighted by Gasteiger charge is 2.28. The summed E-state index contributed by atoms with van der Waals surface area (Å²) < 4.78 is 0. The third-order valence-corrected chi connectivity index (χ3v) is 3.94. The SMILES string of the molecule is CONC1=C(N(C(=O)CCl)c2c(C)cccc2C)CCC1. The molecular weight excluding hydrogens is 288 g/mol. The van der Waals surface area contributed by atoms with Crippen LogP contribution >= 0.6 is 11.6 Å². The summed E-state index contributed by atoms with van der Waals surface area (Å²) in [5.41, 5.74) is 7.87. The van der Waals surface area contributed by atoms with Gasteiger partial charge in [0.1, 0.15) is 5.88 Å². The number of para-hydroxylation sites is 1. The van der Waals surface area contributed by atoms with Gasteiger partial charge in [-0.2, -0.15) is 0 Å². The fourth-order valence-electron chi connectivity index (χ4n) is 2.84. The van der Waals surface area contributed by atoms with Gasteiger partial charge in [-0.15, -0.1) is 11.6 Å². The van der Waals surface area contributed by atoms with Gasteiger partial charge in [0.15, 0.2) is 0 Å². The first kappa shape index (κ1) is 15.9. The molecule has 0 unspecified atom stereocenters. The van der Waals surface area contributed by atoms with Crippen LogP contribution in [0.1, 0.15) is 30.4 Å². The van der Waals surface area contributed by atoms with Gasteiger partial charge in [-0.25, -0.2) is 0 Å². The smallest absolute Gasteiger partial charge is 0.246 e. The first-order chi connectivity index (χ1) is 10.1. The van der Waals surface area contributed by atoms with E-state index in [0.717, 1.165) is 47.5 Å². The molecule has 1 aliphatic rings. The average molecular weight is 309 g/mol. The molecule has 0 aliphatic heterocycles. The van der Waals surface area contributed by atoms with Crippen LogP contribution in [0, 0.1) is 13.8 Å². The summed E-state index contributed by atoms with van der Waals surface area (Å²) in [7, 11) is 1.58. The second-order valence-corrected chi connectivity index (χ2v) is 5.46. The first-order valence-electron chi connectivity index (χ1n) is 7.06. The van der Waals surface area contributed by atoms with E-state index < -0.39 is 0 Å². The van der Waals surface area contributed by atoms with Gasteiger partial charge in [-0.1, -0.05) is 18.2 Å². The Kier molecular flexibility index (Phi) is 5.26. The fraction of sp³-hybridized carbons (Fsp3) is 0.438. The van der Waals surface area contributed by atoms with E-state index in [4.69, 9.17) is 16.4 Å². The van der Waals surface area contributed by atoms with Crippen LogP contribution in [0.4, 0.5) is 5.69 Å². The minimum Gasteiger partial charge on any atom is -0.281 e. The largest absolute Gasteiger partial charge is 0.281 e. The van der Waals surface area contributed by atoms with Crippen molar-refractivity contribution in [2.24, 2.45) is 0 Å². The number of hydrogen-bond donors (Lipinski definition) is 1. The maximum atomic E-state index is 12.4. The van der Waals surface area contributed by atoms with Crippen LogP contribution in [0.3, 0.4) is 0 Å². The Hall–Kier alpha value is -1.52. The zero-order chi connectivity index (χ0) is 15.4. The van der Waals surface area contributed by atoms with Crippen LogP contribution in [-0.4, -0.2) is 18.9 Å². The molecule has 1 amide bonds. The van der Waals surface area contributed by atoms with Gasteiger partial charge in [0, 0.05) is 5.70 Å². The molecule has 4 nitrogen and oxygen atoms in total. The number of rotatable bonds is 5. The summed E-state index contributed by atoms with van der Waals surface area (Å²) in [6, 6.07) is 6.01. The number of hydroxylamine groups is 1. The molecule has 0 saturated heterocycles. The summed E-state index contributed by atoms with van der Waals surface area (Å²) in [6.07, 6.45) is 2.71. The van der Waals surface area contributed by atoms with Gasteiger partial charge in [0.2, 0.25) is 5.91 Å². The molecule has 0 saturated carbocycles. The monoisotopic (exact) mass is 308 g/mol. The van der Waals surface area contributed by atoms with E-state index in [1.165, 1.54) is 0 Å². The number of anilines is 1. The van der Waals surface area contributed by atoms with Crippen molar-refractivity contribution in [3.8, 4) is 0 Å². The lowest BCUT2D eigenvalue weighted by Gasteiger charge is -2.28. The lowest BCUT2D eigenvalue weighted by atomic mass is 10.1. The van der Waals surface area contributed by atoms with Crippen molar-refractivity contribution in [2.75, 3.05) is 17.9 Å². The van der Waals surface area contributed by atoms with Crippen molar-refractivity contribution < 1.29 is 9.63 Å². The topological polar surface area (TPSA) is 41.6 Å².